The van der Waals surface area contributed by atoms with Crippen LogP contribution in [0.25, 0.3) is 0 Å². The molecule has 0 aromatic carbocycles. The minimum absolute atomic E-state index is 0.194. The van der Waals surface area contributed by atoms with Gasteiger partial charge in [-0.2, -0.15) is 5.10 Å². The summed E-state index contributed by atoms with van der Waals surface area (Å²) in [5, 5.41) is 7.09. The van der Waals surface area contributed by atoms with Crippen LogP contribution < -0.4 is 5.32 Å². The van der Waals surface area contributed by atoms with E-state index >= 15 is 0 Å². The van der Waals surface area contributed by atoms with E-state index in [1.807, 2.05) is 10.9 Å². The van der Waals surface area contributed by atoms with Gasteiger partial charge in [-0.05, 0) is 18.9 Å². The molecular formula is C13H15N3O3. The van der Waals surface area contributed by atoms with E-state index in [1.54, 1.807) is 12.3 Å². The van der Waals surface area contributed by atoms with Gasteiger partial charge in [0.2, 0.25) is 0 Å². The summed E-state index contributed by atoms with van der Waals surface area (Å²) in [6.45, 7) is 1.53. The molecule has 1 fully saturated rings. The maximum atomic E-state index is 11.8. The van der Waals surface area contributed by atoms with Crippen molar-refractivity contribution in [3.63, 3.8) is 0 Å². The van der Waals surface area contributed by atoms with Gasteiger partial charge in [-0.3, -0.25) is 9.48 Å². The largest absolute Gasteiger partial charge is 0.472 e. The Morgan fingerprint density at radius 2 is 2.26 bits per heavy atom. The summed E-state index contributed by atoms with van der Waals surface area (Å²) in [6, 6.07) is 1.98. The van der Waals surface area contributed by atoms with Crippen LogP contribution in [0, 0.1) is 0 Å². The number of hydrogen-bond donors (Lipinski definition) is 1. The number of furan rings is 1. The van der Waals surface area contributed by atoms with Crippen LogP contribution in [0.4, 0.5) is 5.69 Å². The van der Waals surface area contributed by atoms with Crippen molar-refractivity contribution in [1.29, 1.82) is 0 Å². The summed E-state index contributed by atoms with van der Waals surface area (Å²) in [7, 11) is 0. The molecule has 0 spiro atoms. The summed E-state index contributed by atoms with van der Waals surface area (Å²) < 4.78 is 12.1. The van der Waals surface area contributed by atoms with Crippen LogP contribution in [-0.4, -0.2) is 28.9 Å². The lowest BCUT2D eigenvalue weighted by atomic mass is 10.1. The van der Waals surface area contributed by atoms with Gasteiger partial charge < -0.3 is 14.5 Å². The van der Waals surface area contributed by atoms with Crippen LogP contribution >= 0.6 is 0 Å². The van der Waals surface area contributed by atoms with Gasteiger partial charge in [-0.1, -0.05) is 0 Å². The fourth-order valence-electron chi connectivity index (χ4n) is 2.15. The van der Waals surface area contributed by atoms with Crippen LogP contribution in [0.15, 0.2) is 35.4 Å². The van der Waals surface area contributed by atoms with E-state index in [0.29, 0.717) is 17.3 Å². The van der Waals surface area contributed by atoms with Crippen LogP contribution in [0.1, 0.15) is 29.2 Å². The Morgan fingerprint density at radius 1 is 1.42 bits per heavy atom. The molecule has 1 saturated heterocycles. The first-order chi connectivity index (χ1) is 9.33. The van der Waals surface area contributed by atoms with E-state index in [4.69, 9.17) is 9.15 Å². The van der Waals surface area contributed by atoms with Crippen LogP contribution in [-0.2, 0) is 4.74 Å². The standard InChI is InChI=1S/C13H15N3O3/c17-13(10-1-4-19-9-10)15-11-7-14-16(8-11)12-2-5-18-6-3-12/h1,4,7-9,12H,2-3,5-6H2,(H,15,17). The highest BCUT2D eigenvalue weighted by Crippen LogP contribution is 2.21. The number of hydrogen-bond acceptors (Lipinski definition) is 4. The molecule has 0 aliphatic carbocycles. The highest BCUT2D eigenvalue weighted by Gasteiger charge is 2.17. The minimum atomic E-state index is -0.194. The summed E-state index contributed by atoms with van der Waals surface area (Å²) in [5.41, 5.74) is 1.19. The van der Waals surface area contributed by atoms with Crippen molar-refractivity contribution < 1.29 is 13.9 Å². The first-order valence-electron chi connectivity index (χ1n) is 6.28. The third-order valence-electron chi connectivity index (χ3n) is 3.21. The van der Waals surface area contributed by atoms with Crippen molar-refractivity contribution in [2.24, 2.45) is 0 Å². The number of rotatable bonds is 3. The Balaban J connectivity index is 1.66. The van der Waals surface area contributed by atoms with E-state index < -0.39 is 0 Å². The maximum Gasteiger partial charge on any atom is 0.259 e. The second-order valence-electron chi connectivity index (χ2n) is 4.52. The van der Waals surface area contributed by atoms with Crippen molar-refractivity contribution in [3.05, 3.63) is 36.5 Å². The zero-order valence-corrected chi connectivity index (χ0v) is 10.4. The van der Waals surface area contributed by atoms with E-state index in [2.05, 4.69) is 10.4 Å². The number of carbonyl (C=O) groups excluding carboxylic acids is 1. The summed E-state index contributed by atoms with van der Waals surface area (Å²) in [6.07, 6.45) is 8.31. The van der Waals surface area contributed by atoms with E-state index in [-0.39, 0.29) is 5.91 Å². The minimum Gasteiger partial charge on any atom is -0.472 e. The molecule has 1 aliphatic heterocycles. The Kier molecular flexibility index (Phi) is 3.33. The van der Waals surface area contributed by atoms with Crippen LogP contribution in [0.5, 0.6) is 0 Å². The molecule has 6 nitrogen and oxygen atoms in total. The lowest BCUT2D eigenvalue weighted by molar-refractivity contribution is 0.0662. The molecule has 0 unspecified atom stereocenters. The maximum absolute atomic E-state index is 11.8. The van der Waals surface area contributed by atoms with Gasteiger partial charge in [0.1, 0.15) is 6.26 Å². The number of nitrogens with zero attached hydrogens (tertiary/aromatic N) is 2. The molecule has 1 amide bonds. The van der Waals surface area contributed by atoms with E-state index in [0.717, 1.165) is 26.1 Å². The zero-order chi connectivity index (χ0) is 13.1. The molecule has 0 atom stereocenters. The Bertz CT molecular complexity index is 541. The molecular weight excluding hydrogens is 246 g/mol. The van der Waals surface area contributed by atoms with Gasteiger partial charge in [0.15, 0.2) is 0 Å². The third-order valence-corrected chi connectivity index (χ3v) is 3.21. The topological polar surface area (TPSA) is 69.3 Å². The van der Waals surface area contributed by atoms with E-state index in [1.165, 1.54) is 12.5 Å². The van der Waals surface area contributed by atoms with Crippen molar-refractivity contribution in [1.82, 2.24) is 9.78 Å². The second kappa shape index (κ2) is 5.27. The molecule has 2 aromatic rings. The number of anilines is 1. The smallest absolute Gasteiger partial charge is 0.259 e. The predicted molar refractivity (Wildman–Crippen MR) is 68.0 cm³/mol. The Labute approximate surface area is 110 Å². The number of ether oxygens (including phenoxy) is 1. The molecule has 0 saturated carbocycles. The average molecular weight is 261 g/mol. The molecule has 100 valence electrons. The molecule has 2 aromatic heterocycles. The Hall–Kier alpha value is -2.08. The van der Waals surface area contributed by atoms with Crippen molar-refractivity contribution in [3.8, 4) is 0 Å². The summed E-state index contributed by atoms with van der Waals surface area (Å²) >= 11 is 0. The highest BCUT2D eigenvalue weighted by molar-refractivity contribution is 6.03. The van der Waals surface area contributed by atoms with Gasteiger partial charge in [0.05, 0.1) is 29.8 Å². The first kappa shape index (κ1) is 12.0. The molecule has 1 aliphatic rings. The first-order valence-corrected chi connectivity index (χ1v) is 6.28. The molecule has 6 heteroatoms. The number of aromatic nitrogens is 2. The SMILES string of the molecule is O=C(Nc1cnn(C2CCOCC2)c1)c1ccoc1. The van der Waals surface area contributed by atoms with Gasteiger partial charge in [-0.15, -0.1) is 0 Å². The summed E-state index contributed by atoms with van der Waals surface area (Å²) in [5.74, 6) is -0.194. The van der Waals surface area contributed by atoms with Gasteiger partial charge in [0.25, 0.3) is 5.91 Å². The van der Waals surface area contributed by atoms with Crippen molar-refractivity contribution in [2.45, 2.75) is 18.9 Å². The van der Waals surface area contributed by atoms with Gasteiger partial charge in [-0.25, -0.2) is 0 Å². The third kappa shape index (κ3) is 2.68. The Morgan fingerprint density at radius 3 is 3.00 bits per heavy atom. The summed E-state index contributed by atoms with van der Waals surface area (Å²) in [4.78, 5) is 11.8. The highest BCUT2D eigenvalue weighted by atomic mass is 16.5. The second-order valence-corrected chi connectivity index (χ2v) is 4.52. The predicted octanol–water partition coefficient (Wildman–Crippen LogP) is 2.08. The molecule has 0 bridgehead atoms. The lowest BCUT2D eigenvalue weighted by Gasteiger charge is -2.22. The fourth-order valence-corrected chi connectivity index (χ4v) is 2.15. The quantitative estimate of drug-likeness (QED) is 0.918. The molecule has 19 heavy (non-hydrogen) atoms. The molecule has 1 N–H and O–H groups in total. The molecule has 3 rings (SSSR count). The molecule has 3 heterocycles. The van der Waals surface area contributed by atoms with Crippen molar-refractivity contribution in [2.75, 3.05) is 18.5 Å². The fraction of sp³-hybridized carbons (Fsp3) is 0.385. The average Bonchev–Trinajstić information content (AvgIpc) is 3.11. The van der Waals surface area contributed by atoms with Crippen LogP contribution in [0.3, 0.4) is 0 Å². The monoisotopic (exact) mass is 261 g/mol. The van der Waals surface area contributed by atoms with E-state index in [9.17, 15) is 4.79 Å². The number of amides is 1. The normalized spacial score (nSPS) is 16.4. The van der Waals surface area contributed by atoms with Crippen molar-refractivity contribution >= 4 is 11.6 Å². The van der Waals surface area contributed by atoms with Crippen LogP contribution in [0.2, 0.25) is 0 Å². The lowest BCUT2D eigenvalue weighted by Crippen LogP contribution is -2.19. The van der Waals surface area contributed by atoms with Gasteiger partial charge in [0, 0.05) is 19.4 Å². The van der Waals surface area contributed by atoms with Gasteiger partial charge >= 0.3 is 0 Å². The zero-order valence-electron chi connectivity index (χ0n) is 10.4. The number of nitrogens with one attached hydrogen (secondary N) is 1. The molecule has 0 radical (unpaired) electrons. The number of carbonyl (C=O) groups is 1.